The lowest BCUT2D eigenvalue weighted by molar-refractivity contribution is 0.556. The summed E-state index contributed by atoms with van der Waals surface area (Å²) in [7, 11) is 0. The van der Waals surface area contributed by atoms with Crippen molar-refractivity contribution in [3.63, 3.8) is 0 Å². The standard InChI is InChI=1S/C8H10OS/c1-7(6-10)5-8-3-2-4-9-8/h2-5,10H,6H2,1H3/b7-5+. The number of hydrogen-bond donors (Lipinski definition) is 1. The van der Waals surface area contributed by atoms with Gasteiger partial charge in [-0.05, 0) is 25.1 Å². The zero-order valence-electron chi connectivity index (χ0n) is 5.87. The molecule has 0 fully saturated rings. The molecule has 54 valence electrons. The molecule has 10 heavy (non-hydrogen) atoms. The fourth-order valence-electron chi connectivity index (χ4n) is 0.662. The quantitative estimate of drug-likeness (QED) is 0.646. The highest BCUT2D eigenvalue weighted by molar-refractivity contribution is 7.80. The molecular formula is C8H10OS. The van der Waals surface area contributed by atoms with Crippen molar-refractivity contribution in [2.75, 3.05) is 5.75 Å². The molecule has 0 atom stereocenters. The second-order valence-electron chi connectivity index (χ2n) is 2.16. The molecule has 0 aromatic carbocycles. The van der Waals surface area contributed by atoms with Crippen LogP contribution in [0.2, 0.25) is 0 Å². The summed E-state index contributed by atoms with van der Waals surface area (Å²) >= 11 is 4.12. The van der Waals surface area contributed by atoms with Gasteiger partial charge in [0.15, 0.2) is 0 Å². The minimum atomic E-state index is 0.778. The van der Waals surface area contributed by atoms with E-state index >= 15 is 0 Å². The van der Waals surface area contributed by atoms with Crippen molar-refractivity contribution in [1.82, 2.24) is 0 Å². The average Bonchev–Trinajstić information content (AvgIpc) is 2.40. The molecule has 0 aliphatic rings. The van der Waals surface area contributed by atoms with Crippen molar-refractivity contribution in [1.29, 1.82) is 0 Å². The highest BCUT2D eigenvalue weighted by Gasteiger charge is 1.89. The molecule has 1 rings (SSSR count). The molecular weight excluding hydrogens is 144 g/mol. The van der Waals surface area contributed by atoms with Crippen LogP contribution in [0, 0.1) is 0 Å². The molecule has 0 spiro atoms. The number of rotatable bonds is 2. The van der Waals surface area contributed by atoms with Crippen LogP contribution in [0.1, 0.15) is 12.7 Å². The smallest absolute Gasteiger partial charge is 0.126 e. The second kappa shape index (κ2) is 3.52. The van der Waals surface area contributed by atoms with Gasteiger partial charge in [0.1, 0.15) is 5.76 Å². The SMILES string of the molecule is C/C(=C\c1ccco1)CS. The maximum Gasteiger partial charge on any atom is 0.126 e. The van der Waals surface area contributed by atoms with E-state index in [1.165, 1.54) is 5.57 Å². The van der Waals surface area contributed by atoms with Crippen LogP contribution in [0.5, 0.6) is 0 Å². The molecule has 1 aromatic heterocycles. The highest BCUT2D eigenvalue weighted by atomic mass is 32.1. The van der Waals surface area contributed by atoms with Crippen LogP contribution < -0.4 is 0 Å². The van der Waals surface area contributed by atoms with E-state index in [0.717, 1.165) is 11.5 Å². The predicted molar refractivity (Wildman–Crippen MR) is 46.2 cm³/mol. The van der Waals surface area contributed by atoms with Crippen molar-refractivity contribution in [3.8, 4) is 0 Å². The molecule has 0 aliphatic carbocycles. The van der Waals surface area contributed by atoms with E-state index in [1.54, 1.807) is 6.26 Å². The van der Waals surface area contributed by atoms with Crippen LogP contribution in [0.15, 0.2) is 28.4 Å². The van der Waals surface area contributed by atoms with Crippen LogP contribution in [-0.4, -0.2) is 5.75 Å². The average molecular weight is 154 g/mol. The van der Waals surface area contributed by atoms with Gasteiger partial charge in [0.05, 0.1) is 6.26 Å². The Morgan fingerprint density at radius 3 is 3.10 bits per heavy atom. The normalized spacial score (nSPS) is 12.0. The summed E-state index contributed by atoms with van der Waals surface area (Å²) in [5, 5.41) is 0. The number of thiol groups is 1. The lowest BCUT2D eigenvalue weighted by atomic mass is 10.3. The van der Waals surface area contributed by atoms with Gasteiger partial charge >= 0.3 is 0 Å². The van der Waals surface area contributed by atoms with Crippen molar-refractivity contribution in [3.05, 3.63) is 29.7 Å². The van der Waals surface area contributed by atoms with E-state index in [-0.39, 0.29) is 0 Å². The van der Waals surface area contributed by atoms with E-state index in [0.29, 0.717) is 0 Å². The molecule has 0 bridgehead atoms. The summed E-state index contributed by atoms with van der Waals surface area (Å²) in [6.07, 6.45) is 3.64. The topological polar surface area (TPSA) is 13.1 Å². The van der Waals surface area contributed by atoms with E-state index in [2.05, 4.69) is 12.6 Å². The lowest BCUT2D eigenvalue weighted by Crippen LogP contribution is -1.74. The predicted octanol–water partition coefficient (Wildman–Crippen LogP) is 2.61. The van der Waals surface area contributed by atoms with E-state index < -0.39 is 0 Å². The minimum absolute atomic E-state index is 0.778. The van der Waals surface area contributed by atoms with Crippen LogP contribution in [0.25, 0.3) is 6.08 Å². The molecule has 0 saturated carbocycles. The molecule has 0 saturated heterocycles. The first-order chi connectivity index (χ1) is 4.83. The maximum atomic E-state index is 5.10. The first-order valence-corrected chi connectivity index (χ1v) is 3.77. The molecule has 1 heterocycles. The summed E-state index contributed by atoms with van der Waals surface area (Å²) in [5.41, 5.74) is 1.21. The molecule has 1 aromatic rings. The molecule has 0 aliphatic heterocycles. The summed E-state index contributed by atoms with van der Waals surface area (Å²) < 4.78 is 5.10. The zero-order chi connectivity index (χ0) is 7.40. The van der Waals surface area contributed by atoms with Crippen molar-refractivity contribution >= 4 is 18.7 Å². The maximum absolute atomic E-state index is 5.10. The molecule has 0 amide bonds. The van der Waals surface area contributed by atoms with Gasteiger partial charge in [0, 0.05) is 5.75 Å². The third-order valence-corrected chi connectivity index (χ3v) is 1.68. The third-order valence-electron chi connectivity index (χ3n) is 1.18. The van der Waals surface area contributed by atoms with Gasteiger partial charge in [0.25, 0.3) is 0 Å². The fourth-order valence-corrected chi connectivity index (χ4v) is 0.753. The summed E-state index contributed by atoms with van der Waals surface area (Å²) in [5.74, 6) is 1.67. The van der Waals surface area contributed by atoms with Gasteiger partial charge in [-0.15, -0.1) is 0 Å². The molecule has 0 unspecified atom stereocenters. The van der Waals surface area contributed by atoms with Gasteiger partial charge < -0.3 is 4.42 Å². The van der Waals surface area contributed by atoms with E-state index in [9.17, 15) is 0 Å². The summed E-state index contributed by atoms with van der Waals surface area (Å²) in [4.78, 5) is 0. The Kier molecular flexibility index (Phi) is 2.63. The summed E-state index contributed by atoms with van der Waals surface area (Å²) in [6.45, 7) is 2.02. The van der Waals surface area contributed by atoms with E-state index in [4.69, 9.17) is 4.42 Å². The zero-order valence-corrected chi connectivity index (χ0v) is 6.77. The van der Waals surface area contributed by atoms with Crippen LogP contribution in [0.3, 0.4) is 0 Å². The monoisotopic (exact) mass is 154 g/mol. The first-order valence-electron chi connectivity index (χ1n) is 3.14. The Morgan fingerprint density at radius 1 is 1.80 bits per heavy atom. The van der Waals surface area contributed by atoms with Gasteiger partial charge in [0.2, 0.25) is 0 Å². The van der Waals surface area contributed by atoms with Crippen LogP contribution in [0.4, 0.5) is 0 Å². The second-order valence-corrected chi connectivity index (χ2v) is 2.48. The number of hydrogen-bond acceptors (Lipinski definition) is 2. The van der Waals surface area contributed by atoms with Gasteiger partial charge in [-0.3, -0.25) is 0 Å². The third kappa shape index (κ3) is 1.95. The Bertz CT molecular complexity index is 211. The van der Waals surface area contributed by atoms with Crippen LogP contribution >= 0.6 is 12.6 Å². The Labute approximate surface area is 66.2 Å². The largest absolute Gasteiger partial charge is 0.465 e. The van der Waals surface area contributed by atoms with Crippen molar-refractivity contribution in [2.45, 2.75) is 6.92 Å². The van der Waals surface area contributed by atoms with E-state index in [1.807, 2.05) is 25.1 Å². The highest BCUT2D eigenvalue weighted by Crippen LogP contribution is 2.07. The minimum Gasteiger partial charge on any atom is -0.465 e. The van der Waals surface area contributed by atoms with Crippen LogP contribution in [-0.2, 0) is 0 Å². The first kappa shape index (κ1) is 7.48. The van der Waals surface area contributed by atoms with Gasteiger partial charge in [-0.2, -0.15) is 12.6 Å². The molecule has 2 heteroatoms. The molecule has 0 N–H and O–H groups in total. The van der Waals surface area contributed by atoms with Gasteiger partial charge in [-0.25, -0.2) is 0 Å². The Balaban J connectivity index is 2.71. The summed E-state index contributed by atoms with van der Waals surface area (Å²) in [6, 6.07) is 3.80. The van der Waals surface area contributed by atoms with Gasteiger partial charge in [-0.1, -0.05) is 5.57 Å². The lowest BCUT2D eigenvalue weighted by Gasteiger charge is -1.89. The molecule has 1 nitrogen and oxygen atoms in total. The van der Waals surface area contributed by atoms with Crippen molar-refractivity contribution < 1.29 is 4.42 Å². The van der Waals surface area contributed by atoms with Crippen molar-refractivity contribution in [2.24, 2.45) is 0 Å². The number of furan rings is 1. The Hall–Kier alpha value is -0.630. The Morgan fingerprint density at radius 2 is 2.60 bits per heavy atom. The molecule has 0 radical (unpaired) electrons. The fraction of sp³-hybridized carbons (Fsp3) is 0.250.